The van der Waals surface area contributed by atoms with Gasteiger partial charge < -0.3 is 10.2 Å². The predicted molar refractivity (Wildman–Crippen MR) is 76.8 cm³/mol. The first-order valence-electron chi connectivity index (χ1n) is 6.89. The third-order valence-electron chi connectivity index (χ3n) is 2.87. The van der Waals surface area contributed by atoms with Gasteiger partial charge in [0, 0.05) is 26.2 Å². The minimum Gasteiger partial charge on any atom is -0.358 e. The molecule has 0 bridgehead atoms. The number of hydrogen-bond acceptors (Lipinski definition) is 4. The zero-order valence-electron chi connectivity index (χ0n) is 12.1. The smallest absolute Gasteiger partial charge is 0.146 e. The van der Waals surface area contributed by atoms with E-state index in [1.54, 1.807) is 0 Å². The Morgan fingerprint density at radius 1 is 1.22 bits per heavy atom. The van der Waals surface area contributed by atoms with E-state index in [0.717, 1.165) is 24.6 Å². The fourth-order valence-electron chi connectivity index (χ4n) is 1.66. The number of aromatic nitrogens is 2. The van der Waals surface area contributed by atoms with Crippen molar-refractivity contribution in [2.24, 2.45) is 0 Å². The van der Waals surface area contributed by atoms with Gasteiger partial charge in [-0.2, -0.15) is 0 Å². The SMILES string of the molecule is CCCCCN(C)c1cnc(CNC(C)C)cn1. The van der Waals surface area contributed by atoms with Gasteiger partial charge in [-0.25, -0.2) is 4.98 Å². The van der Waals surface area contributed by atoms with Crippen molar-refractivity contribution >= 4 is 5.82 Å². The van der Waals surface area contributed by atoms with Gasteiger partial charge in [0.25, 0.3) is 0 Å². The second-order valence-electron chi connectivity index (χ2n) is 5.03. The lowest BCUT2D eigenvalue weighted by molar-refractivity contribution is 0.580. The zero-order valence-corrected chi connectivity index (χ0v) is 12.1. The van der Waals surface area contributed by atoms with Crippen LogP contribution in [0.4, 0.5) is 5.82 Å². The normalized spacial score (nSPS) is 10.9. The molecule has 0 aliphatic carbocycles. The molecular formula is C14H26N4. The highest BCUT2D eigenvalue weighted by Gasteiger charge is 2.03. The monoisotopic (exact) mass is 250 g/mol. The van der Waals surface area contributed by atoms with Crippen LogP contribution in [0, 0.1) is 0 Å². The van der Waals surface area contributed by atoms with Crippen molar-refractivity contribution in [1.29, 1.82) is 0 Å². The summed E-state index contributed by atoms with van der Waals surface area (Å²) >= 11 is 0. The van der Waals surface area contributed by atoms with Crippen molar-refractivity contribution in [2.45, 2.75) is 52.6 Å². The Bertz CT molecular complexity index is 321. The van der Waals surface area contributed by atoms with E-state index in [4.69, 9.17) is 0 Å². The molecule has 0 aliphatic rings. The lowest BCUT2D eigenvalue weighted by Gasteiger charge is -2.17. The van der Waals surface area contributed by atoms with E-state index >= 15 is 0 Å². The standard InChI is InChI=1S/C14H26N4/c1-5-6-7-8-18(4)14-11-16-13(10-17-14)9-15-12(2)3/h10-12,15H,5-9H2,1-4H3. The molecule has 18 heavy (non-hydrogen) atoms. The average Bonchev–Trinajstić information content (AvgIpc) is 2.37. The molecule has 1 heterocycles. The summed E-state index contributed by atoms with van der Waals surface area (Å²) in [6.45, 7) is 8.31. The molecule has 1 aromatic heterocycles. The maximum absolute atomic E-state index is 4.46. The summed E-state index contributed by atoms with van der Waals surface area (Å²) in [5, 5.41) is 3.34. The van der Waals surface area contributed by atoms with Crippen LogP contribution >= 0.6 is 0 Å². The molecule has 0 radical (unpaired) electrons. The van der Waals surface area contributed by atoms with Crippen LogP contribution in [0.1, 0.15) is 45.7 Å². The number of rotatable bonds is 8. The molecule has 0 spiro atoms. The first-order chi connectivity index (χ1) is 8.63. The van der Waals surface area contributed by atoms with Crippen LogP contribution in [0.2, 0.25) is 0 Å². The Hall–Kier alpha value is -1.16. The number of nitrogens with zero attached hydrogens (tertiary/aromatic N) is 3. The molecule has 4 heteroatoms. The van der Waals surface area contributed by atoms with E-state index in [9.17, 15) is 0 Å². The third-order valence-corrected chi connectivity index (χ3v) is 2.87. The quantitative estimate of drug-likeness (QED) is 0.720. The second kappa shape index (κ2) is 8.03. The van der Waals surface area contributed by atoms with Crippen LogP contribution in [0.25, 0.3) is 0 Å². The van der Waals surface area contributed by atoms with E-state index in [-0.39, 0.29) is 0 Å². The molecular weight excluding hydrogens is 224 g/mol. The lowest BCUT2D eigenvalue weighted by Crippen LogP contribution is -2.23. The maximum atomic E-state index is 4.46. The Kier molecular flexibility index (Phi) is 6.65. The van der Waals surface area contributed by atoms with Crippen molar-refractivity contribution in [1.82, 2.24) is 15.3 Å². The molecule has 0 saturated carbocycles. The number of anilines is 1. The molecule has 0 atom stereocenters. The average molecular weight is 250 g/mol. The lowest BCUT2D eigenvalue weighted by atomic mass is 10.2. The zero-order chi connectivity index (χ0) is 13.4. The summed E-state index contributed by atoms with van der Waals surface area (Å²) < 4.78 is 0. The van der Waals surface area contributed by atoms with Crippen LogP contribution in [-0.4, -0.2) is 29.6 Å². The fourth-order valence-corrected chi connectivity index (χ4v) is 1.66. The third kappa shape index (κ3) is 5.45. The summed E-state index contributed by atoms with van der Waals surface area (Å²) in [7, 11) is 2.08. The molecule has 0 saturated heterocycles. The van der Waals surface area contributed by atoms with Crippen LogP contribution in [0.15, 0.2) is 12.4 Å². The first-order valence-corrected chi connectivity index (χ1v) is 6.89. The minimum absolute atomic E-state index is 0.475. The van der Waals surface area contributed by atoms with Gasteiger partial charge in [0.2, 0.25) is 0 Å². The Morgan fingerprint density at radius 3 is 2.56 bits per heavy atom. The Balaban J connectivity index is 2.43. The van der Waals surface area contributed by atoms with Crippen molar-refractivity contribution in [3.05, 3.63) is 18.1 Å². The van der Waals surface area contributed by atoms with E-state index in [1.165, 1.54) is 19.3 Å². The number of hydrogen-bond donors (Lipinski definition) is 1. The van der Waals surface area contributed by atoms with Gasteiger partial charge in [0.15, 0.2) is 0 Å². The Labute approximate surface area is 111 Å². The van der Waals surface area contributed by atoms with Crippen molar-refractivity contribution in [2.75, 3.05) is 18.5 Å². The van der Waals surface area contributed by atoms with E-state index in [2.05, 4.69) is 48.0 Å². The van der Waals surface area contributed by atoms with Crippen molar-refractivity contribution < 1.29 is 0 Å². The van der Waals surface area contributed by atoms with Gasteiger partial charge in [0.05, 0.1) is 18.1 Å². The Morgan fingerprint density at radius 2 is 2.00 bits per heavy atom. The molecule has 102 valence electrons. The number of nitrogens with one attached hydrogen (secondary N) is 1. The first kappa shape index (κ1) is 14.9. The van der Waals surface area contributed by atoms with Crippen LogP contribution in [0.3, 0.4) is 0 Å². The second-order valence-corrected chi connectivity index (χ2v) is 5.03. The molecule has 1 aromatic rings. The highest BCUT2D eigenvalue weighted by atomic mass is 15.2. The van der Waals surface area contributed by atoms with Crippen molar-refractivity contribution in [3.63, 3.8) is 0 Å². The van der Waals surface area contributed by atoms with Gasteiger partial charge in [-0.05, 0) is 6.42 Å². The summed E-state index contributed by atoms with van der Waals surface area (Å²) in [6, 6.07) is 0.475. The molecule has 0 aliphatic heterocycles. The minimum atomic E-state index is 0.475. The molecule has 0 aromatic carbocycles. The molecule has 0 unspecified atom stereocenters. The molecule has 1 N–H and O–H groups in total. The predicted octanol–water partition coefficient (Wildman–Crippen LogP) is 2.60. The van der Waals surface area contributed by atoms with Crippen LogP contribution in [-0.2, 0) is 6.54 Å². The van der Waals surface area contributed by atoms with E-state index in [1.807, 2.05) is 12.4 Å². The van der Waals surface area contributed by atoms with Gasteiger partial charge in [-0.15, -0.1) is 0 Å². The van der Waals surface area contributed by atoms with Crippen LogP contribution in [0.5, 0.6) is 0 Å². The molecule has 0 fully saturated rings. The highest BCUT2D eigenvalue weighted by molar-refractivity contribution is 5.34. The maximum Gasteiger partial charge on any atom is 0.146 e. The molecule has 4 nitrogen and oxygen atoms in total. The van der Waals surface area contributed by atoms with Crippen LogP contribution < -0.4 is 10.2 Å². The molecule has 0 amide bonds. The summed E-state index contributed by atoms with van der Waals surface area (Å²) in [5.41, 5.74) is 0.995. The van der Waals surface area contributed by atoms with E-state index < -0.39 is 0 Å². The van der Waals surface area contributed by atoms with Gasteiger partial charge in [-0.1, -0.05) is 33.6 Å². The number of unbranched alkanes of at least 4 members (excludes halogenated alkanes) is 2. The summed E-state index contributed by atoms with van der Waals surface area (Å²) in [6.07, 6.45) is 7.46. The van der Waals surface area contributed by atoms with E-state index in [0.29, 0.717) is 6.04 Å². The molecule has 1 rings (SSSR count). The largest absolute Gasteiger partial charge is 0.358 e. The highest BCUT2D eigenvalue weighted by Crippen LogP contribution is 2.08. The van der Waals surface area contributed by atoms with Crippen molar-refractivity contribution in [3.8, 4) is 0 Å². The summed E-state index contributed by atoms with van der Waals surface area (Å²) in [4.78, 5) is 11.1. The fraction of sp³-hybridized carbons (Fsp3) is 0.714. The van der Waals surface area contributed by atoms with Gasteiger partial charge in [-0.3, -0.25) is 4.98 Å². The van der Waals surface area contributed by atoms with Gasteiger partial charge >= 0.3 is 0 Å². The van der Waals surface area contributed by atoms with Gasteiger partial charge in [0.1, 0.15) is 5.82 Å². The summed E-state index contributed by atoms with van der Waals surface area (Å²) in [5.74, 6) is 0.958. The topological polar surface area (TPSA) is 41.1 Å².